The molecule has 90 valence electrons. The summed E-state index contributed by atoms with van der Waals surface area (Å²) in [7, 11) is 0. The second-order valence-electron chi connectivity index (χ2n) is 4.26. The molecule has 1 heterocycles. The van der Waals surface area contributed by atoms with Gasteiger partial charge in [-0.3, -0.25) is 0 Å². The van der Waals surface area contributed by atoms with E-state index in [-0.39, 0.29) is 5.38 Å². The minimum Gasteiger partial charge on any atom is -0.472 e. The summed E-state index contributed by atoms with van der Waals surface area (Å²) >= 11 is 6.37. The molecule has 0 amide bonds. The summed E-state index contributed by atoms with van der Waals surface area (Å²) in [4.78, 5) is 0. The van der Waals surface area contributed by atoms with Crippen molar-refractivity contribution < 1.29 is 4.42 Å². The average molecular weight is 249 g/mol. The van der Waals surface area contributed by atoms with Gasteiger partial charge in [0.25, 0.3) is 0 Å². The van der Waals surface area contributed by atoms with Gasteiger partial charge < -0.3 is 4.42 Å². The Morgan fingerprint density at radius 1 is 1.12 bits per heavy atom. The van der Waals surface area contributed by atoms with Gasteiger partial charge in [-0.15, -0.1) is 11.6 Å². The number of furan rings is 1. The maximum Gasteiger partial charge on any atom is 0.0952 e. The first-order chi connectivity index (χ1) is 8.31. The first kappa shape index (κ1) is 12.3. The molecule has 1 aromatic carbocycles. The molecule has 2 heteroatoms. The highest BCUT2D eigenvalue weighted by Crippen LogP contribution is 2.29. The van der Waals surface area contributed by atoms with Crippen LogP contribution in [-0.4, -0.2) is 0 Å². The zero-order chi connectivity index (χ0) is 12.1. The van der Waals surface area contributed by atoms with Crippen molar-refractivity contribution in [1.82, 2.24) is 0 Å². The highest BCUT2D eigenvalue weighted by Gasteiger charge is 2.11. The van der Waals surface area contributed by atoms with E-state index in [1.54, 1.807) is 12.5 Å². The SMILES string of the molecule is CCCCc1ccc(C(Cl)c2ccoc2)cc1. The van der Waals surface area contributed by atoms with Crippen LogP contribution >= 0.6 is 11.6 Å². The van der Waals surface area contributed by atoms with E-state index < -0.39 is 0 Å². The molecular formula is C15H17ClO. The Morgan fingerprint density at radius 3 is 2.47 bits per heavy atom. The quantitative estimate of drug-likeness (QED) is 0.683. The summed E-state index contributed by atoms with van der Waals surface area (Å²) in [5.74, 6) is 0. The minimum absolute atomic E-state index is 0.117. The number of aryl methyl sites for hydroxylation is 1. The van der Waals surface area contributed by atoms with Crippen LogP contribution in [0, 0.1) is 0 Å². The maximum atomic E-state index is 6.37. The van der Waals surface area contributed by atoms with Crippen molar-refractivity contribution in [3.63, 3.8) is 0 Å². The van der Waals surface area contributed by atoms with Crippen LogP contribution < -0.4 is 0 Å². The van der Waals surface area contributed by atoms with Crippen LogP contribution in [0.1, 0.15) is 41.8 Å². The van der Waals surface area contributed by atoms with Gasteiger partial charge in [-0.1, -0.05) is 37.6 Å². The van der Waals surface area contributed by atoms with Crippen LogP contribution in [0.3, 0.4) is 0 Å². The predicted molar refractivity (Wildman–Crippen MR) is 71.5 cm³/mol. The molecule has 1 unspecified atom stereocenters. The Morgan fingerprint density at radius 2 is 1.88 bits per heavy atom. The molecule has 0 bridgehead atoms. The van der Waals surface area contributed by atoms with E-state index in [2.05, 4.69) is 31.2 Å². The van der Waals surface area contributed by atoms with Crippen molar-refractivity contribution in [2.24, 2.45) is 0 Å². The van der Waals surface area contributed by atoms with Gasteiger partial charge in [0, 0.05) is 5.56 Å². The Kier molecular flexibility index (Phi) is 4.27. The van der Waals surface area contributed by atoms with E-state index >= 15 is 0 Å². The molecule has 0 aliphatic rings. The van der Waals surface area contributed by atoms with Crippen molar-refractivity contribution in [2.45, 2.75) is 31.6 Å². The van der Waals surface area contributed by atoms with Crippen LogP contribution in [0.4, 0.5) is 0 Å². The Bertz CT molecular complexity index is 430. The zero-order valence-corrected chi connectivity index (χ0v) is 10.8. The summed E-state index contributed by atoms with van der Waals surface area (Å²) < 4.78 is 5.05. The third kappa shape index (κ3) is 3.13. The third-order valence-electron chi connectivity index (χ3n) is 2.93. The molecule has 0 aliphatic carbocycles. The number of hydrogen-bond acceptors (Lipinski definition) is 1. The zero-order valence-electron chi connectivity index (χ0n) is 10.0. The standard InChI is InChI=1S/C15H17ClO/c1-2-3-4-12-5-7-13(8-6-12)15(16)14-9-10-17-11-14/h5-11,15H,2-4H2,1H3. The largest absolute Gasteiger partial charge is 0.472 e. The van der Waals surface area contributed by atoms with E-state index in [0.717, 1.165) is 17.5 Å². The van der Waals surface area contributed by atoms with Crippen LogP contribution in [0.25, 0.3) is 0 Å². The molecule has 0 N–H and O–H groups in total. The molecule has 0 radical (unpaired) electrons. The second-order valence-corrected chi connectivity index (χ2v) is 4.70. The number of halogens is 1. The number of unbranched alkanes of at least 4 members (excludes halogenated alkanes) is 1. The third-order valence-corrected chi connectivity index (χ3v) is 3.43. The van der Waals surface area contributed by atoms with Gasteiger partial charge in [-0.2, -0.15) is 0 Å². The smallest absolute Gasteiger partial charge is 0.0952 e. The lowest BCUT2D eigenvalue weighted by molar-refractivity contribution is 0.564. The molecule has 2 aromatic rings. The summed E-state index contributed by atoms with van der Waals surface area (Å²) in [5.41, 5.74) is 3.51. The van der Waals surface area contributed by atoms with Crippen LogP contribution in [-0.2, 0) is 6.42 Å². The first-order valence-electron chi connectivity index (χ1n) is 6.06. The number of hydrogen-bond donors (Lipinski definition) is 0. The maximum absolute atomic E-state index is 6.37. The van der Waals surface area contributed by atoms with E-state index in [4.69, 9.17) is 16.0 Å². The van der Waals surface area contributed by atoms with Crippen LogP contribution in [0.15, 0.2) is 47.3 Å². The normalized spacial score (nSPS) is 12.6. The van der Waals surface area contributed by atoms with Gasteiger partial charge in [0.05, 0.1) is 17.9 Å². The first-order valence-corrected chi connectivity index (χ1v) is 6.50. The summed E-state index contributed by atoms with van der Waals surface area (Å²) in [6.07, 6.45) is 6.97. The highest BCUT2D eigenvalue weighted by atomic mass is 35.5. The van der Waals surface area contributed by atoms with Gasteiger partial charge in [0.2, 0.25) is 0 Å². The van der Waals surface area contributed by atoms with E-state index in [1.165, 1.54) is 18.4 Å². The van der Waals surface area contributed by atoms with Crippen molar-refractivity contribution in [1.29, 1.82) is 0 Å². The molecule has 17 heavy (non-hydrogen) atoms. The summed E-state index contributed by atoms with van der Waals surface area (Å²) in [6.45, 7) is 2.21. The van der Waals surface area contributed by atoms with E-state index in [9.17, 15) is 0 Å². The van der Waals surface area contributed by atoms with Gasteiger partial charge >= 0.3 is 0 Å². The Balaban J connectivity index is 2.07. The molecule has 0 saturated heterocycles. The van der Waals surface area contributed by atoms with Gasteiger partial charge in [0.1, 0.15) is 0 Å². The molecule has 0 aliphatic heterocycles. The molecule has 1 nitrogen and oxygen atoms in total. The Labute approximate surface area is 107 Å². The van der Waals surface area contributed by atoms with E-state index in [0.29, 0.717) is 0 Å². The van der Waals surface area contributed by atoms with Crippen molar-refractivity contribution in [3.05, 3.63) is 59.5 Å². The molecule has 0 fully saturated rings. The second kappa shape index (κ2) is 5.92. The van der Waals surface area contributed by atoms with E-state index in [1.807, 2.05) is 6.07 Å². The van der Waals surface area contributed by atoms with Crippen LogP contribution in [0.5, 0.6) is 0 Å². The fourth-order valence-corrected chi connectivity index (χ4v) is 2.12. The molecule has 0 saturated carbocycles. The molecule has 1 aromatic heterocycles. The molecular weight excluding hydrogens is 232 g/mol. The fraction of sp³-hybridized carbons (Fsp3) is 0.333. The molecule has 2 rings (SSSR count). The molecule has 1 atom stereocenters. The highest BCUT2D eigenvalue weighted by molar-refractivity contribution is 6.22. The lowest BCUT2D eigenvalue weighted by atomic mass is 10.0. The number of rotatable bonds is 5. The van der Waals surface area contributed by atoms with Gasteiger partial charge in [0.15, 0.2) is 0 Å². The monoisotopic (exact) mass is 248 g/mol. The summed E-state index contributed by atoms with van der Waals surface area (Å²) in [6, 6.07) is 10.5. The van der Waals surface area contributed by atoms with Crippen molar-refractivity contribution >= 4 is 11.6 Å². The lowest BCUT2D eigenvalue weighted by Gasteiger charge is -2.08. The van der Waals surface area contributed by atoms with Gasteiger partial charge in [-0.05, 0) is 30.0 Å². The number of alkyl halides is 1. The van der Waals surface area contributed by atoms with Gasteiger partial charge in [-0.25, -0.2) is 0 Å². The predicted octanol–water partition coefficient (Wildman–Crippen LogP) is 4.95. The van der Waals surface area contributed by atoms with Crippen molar-refractivity contribution in [3.8, 4) is 0 Å². The summed E-state index contributed by atoms with van der Waals surface area (Å²) in [5, 5.41) is -0.117. The minimum atomic E-state index is -0.117. The Hall–Kier alpha value is -1.21. The molecule has 0 spiro atoms. The topological polar surface area (TPSA) is 13.1 Å². The average Bonchev–Trinajstić information content (AvgIpc) is 2.90. The lowest BCUT2D eigenvalue weighted by Crippen LogP contribution is -1.92. The fourth-order valence-electron chi connectivity index (χ4n) is 1.85. The number of benzene rings is 1. The van der Waals surface area contributed by atoms with Crippen molar-refractivity contribution in [2.75, 3.05) is 0 Å². The van der Waals surface area contributed by atoms with Crippen LogP contribution in [0.2, 0.25) is 0 Å².